The van der Waals surface area contributed by atoms with Gasteiger partial charge in [0.25, 0.3) is 0 Å². The van der Waals surface area contributed by atoms with E-state index >= 15 is 0 Å². The number of hydrogen-bond acceptors (Lipinski definition) is 3. The van der Waals surface area contributed by atoms with Crippen molar-refractivity contribution in [3.05, 3.63) is 0 Å². The lowest BCUT2D eigenvalue weighted by atomic mass is 9.67. The molecule has 3 unspecified atom stereocenters. The van der Waals surface area contributed by atoms with Gasteiger partial charge in [0, 0.05) is 24.7 Å². The molecule has 3 nitrogen and oxygen atoms in total. The van der Waals surface area contributed by atoms with E-state index < -0.39 is 0 Å². The lowest BCUT2D eigenvalue weighted by Gasteiger charge is -2.48. The predicted octanol–water partition coefficient (Wildman–Crippen LogP) is 2.42. The molecule has 3 atom stereocenters. The quantitative estimate of drug-likeness (QED) is 0.734. The predicted molar refractivity (Wildman–Crippen MR) is 80.0 cm³/mol. The maximum absolute atomic E-state index is 9.58. The standard InChI is InChI=1S/C16H32N2O/c1-15(2)8-5-9-16(11-15,12-17)18-14-7-4-3-6-13(14)10-19/h13-14,18-19H,3-12,17H2,1-2H3. The summed E-state index contributed by atoms with van der Waals surface area (Å²) < 4.78 is 0. The molecule has 0 radical (unpaired) electrons. The first kappa shape index (κ1) is 15.3. The summed E-state index contributed by atoms with van der Waals surface area (Å²) in [5.41, 5.74) is 6.64. The van der Waals surface area contributed by atoms with Gasteiger partial charge in [-0.05, 0) is 43.4 Å². The van der Waals surface area contributed by atoms with Gasteiger partial charge in [0.2, 0.25) is 0 Å². The van der Waals surface area contributed by atoms with Gasteiger partial charge in [-0.2, -0.15) is 0 Å². The lowest BCUT2D eigenvalue weighted by Crippen LogP contribution is -2.60. The van der Waals surface area contributed by atoms with Crippen LogP contribution in [-0.2, 0) is 0 Å². The molecule has 0 aromatic carbocycles. The van der Waals surface area contributed by atoms with E-state index in [-0.39, 0.29) is 5.54 Å². The molecule has 112 valence electrons. The van der Waals surface area contributed by atoms with E-state index in [1.54, 1.807) is 0 Å². The van der Waals surface area contributed by atoms with Gasteiger partial charge in [0.15, 0.2) is 0 Å². The largest absolute Gasteiger partial charge is 0.396 e. The molecular formula is C16H32N2O. The normalized spacial score (nSPS) is 39.2. The van der Waals surface area contributed by atoms with Crippen LogP contribution in [0.2, 0.25) is 0 Å². The Morgan fingerprint density at radius 3 is 2.53 bits per heavy atom. The number of rotatable bonds is 4. The molecule has 0 aromatic heterocycles. The number of nitrogens with one attached hydrogen (secondary N) is 1. The molecule has 0 aromatic rings. The zero-order chi connectivity index (χ0) is 13.9. The van der Waals surface area contributed by atoms with E-state index in [0.29, 0.717) is 24.0 Å². The van der Waals surface area contributed by atoms with Crippen molar-refractivity contribution in [3.63, 3.8) is 0 Å². The first-order chi connectivity index (χ1) is 9.00. The van der Waals surface area contributed by atoms with Crippen molar-refractivity contribution in [2.24, 2.45) is 17.1 Å². The van der Waals surface area contributed by atoms with E-state index in [9.17, 15) is 5.11 Å². The summed E-state index contributed by atoms with van der Waals surface area (Å²) in [7, 11) is 0. The molecule has 0 saturated heterocycles. The fourth-order valence-corrected chi connectivity index (χ4v) is 4.36. The Labute approximate surface area is 118 Å². The Balaban J connectivity index is 2.04. The van der Waals surface area contributed by atoms with Crippen molar-refractivity contribution in [2.75, 3.05) is 13.2 Å². The Hall–Kier alpha value is -0.120. The average molecular weight is 268 g/mol. The maximum atomic E-state index is 9.58. The molecule has 0 heterocycles. The molecule has 3 heteroatoms. The molecule has 2 saturated carbocycles. The highest BCUT2D eigenvalue weighted by molar-refractivity contribution is 5.00. The monoisotopic (exact) mass is 268 g/mol. The van der Waals surface area contributed by atoms with Gasteiger partial charge < -0.3 is 16.2 Å². The van der Waals surface area contributed by atoms with Gasteiger partial charge >= 0.3 is 0 Å². The molecule has 2 rings (SSSR count). The van der Waals surface area contributed by atoms with Gasteiger partial charge in [0.1, 0.15) is 0 Å². The molecule has 19 heavy (non-hydrogen) atoms. The van der Waals surface area contributed by atoms with E-state index in [1.165, 1.54) is 44.9 Å². The van der Waals surface area contributed by atoms with Gasteiger partial charge in [-0.1, -0.05) is 33.1 Å². The number of hydrogen-bond donors (Lipinski definition) is 3. The van der Waals surface area contributed by atoms with Crippen LogP contribution in [0.1, 0.15) is 65.2 Å². The van der Waals surface area contributed by atoms with Crippen LogP contribution in [0, 0.1) is 11.3 Å². The minimum absolute atomic E-state index is 0.108. The van der Waals surface area contributed by atoms with Crippen molar-refractivity contribution < 1.29 is 5.11 Å². The highest BCUT2D eigenvalue weighted by Gasteiger charge is 2.41. The van der Waals surface area contributed by atoms with Gasteiger partial charge in [-0.15, -0.1) is 0 Å². The van der Waals surface area contributed by atoms with Crippen LogP contribution in [0.3, 0.4) is 0 Å². The second-order valence-electron chi connectivity index (χ2n) is 7.66. The van der Waals surface area contributed by atoms with Crippen molar-refractivity contribution in [2.45, 2.75) is 76.8 Å². The third-order valence-corrected chi connectivity index (χ3v) is 5.35. The van der Waals surface area contributed by atoms with Crippen molar-refractivity contribution in [1.82, 2.24) is 5.32 Å². The molecule has 2 aliphatic rings. The molecule has 0 aliphatic heterocycles. The molecule has 0 amide bonds. The fourth-order valence-electron chi connectivity index (χ4n) is 4.36. The van der Waals surface area contributed by atoms with Crippen LogP contribution in [0.4, 0.5) is 0 Å². The number of aliphatic hydroxyl groups excluding tert-OH is 1. The van der Waals surface area contributed by atoms with Gasteiger partial charge in [-0.25, -0.2) is 0 Å². The van der Waals surface area contributed by atoms with E-state index in [1.807, 2.05) is 0 Å². The van der Waals surface area contributed by atoms with Crippen LogP contribution >= 0.6 is 0 Å². The fraction of sp³-hybridized carbons (Fsp3) is 1.00. The summed E-state index contributed by atoms with van der Waals surface area (Å²) >= 11 is 0. The third kappa shape index (κ3) is 3.71. The Morgan fingerprint density at radius 1 is 1.16 bits per heavy atom. The summed E-state index contributed by atoms with van der Waals surface area (Å²) in [4.78, 5) is 0. The second kappa shape index (κ2) is 6.11. The second-order valence-corrected chi connectivity index (χ2v) is 7.66. The Morgan fingerprint density at radius 2 is 1.89 bits per heavy atom. The smallest absolute Gasteiger partial charge is 0.0474 e. The summed E-state index contributed by atoms with van der Waals surface area (Å²) in [6.07, 6.45) is 9.87. The first-order valence-electron chi connectivity index (χ1n) is 8.09. The SMILES string of the molecule is CC1(C)CCCC(CN)(NC2CCCCC2CO)C1. The summed E-state index contributed by atoms with van der Waals surface area (Å²) in [5.74, 6) is 0.433. The first-order valence-corrected chi connectivity index (χ1v) is 8.09. The Bertz CT molecular complexity index is 292. The van der Waals surface area contributed by atoms with Crippen LogP contribution in [-0.4, -0.2) is 29.8 Å². The van der Waals surface area contributed by atoms with Gasteiger partial charge in [0.05, 0.1) is 0 Å². The third-order valence-electron chi connectivity index (χ3n) is 5.35. The highest BCUT2D eigenvalue weighted by atomic mass is 16.3. The molecule has 0 bridgehead atoms. The van der Waals surface area contributed by atoms with Crippen LogP contribution in [0.25, 0.3) is 0 Å². The minimum atomic E-state index is 0.108. The lowest BCUT2D eigenvalue weighted by molar-refractivity contribution is 0.0764. The van der Waals surface area contributed by atoms with Crippen LogP contribution in [0.15, 0.2) is 0 Å². The molecule has 2 fully saturated rings. The molecule has 4 N–H and O–H groups in total. The zero-order valence-electron chi connectivity index (χ0n) is 12.8. The molecular weight excluding hydrogens is 236 g/mol. The van der Waals surface area contributed by atoms with Crippen molar-refractivity contribution in [3.8, 4) is 0 Å². The Kier molecular flexibility index (Phi) is 4.91. The average Bonchev–Trinajstić information content (AvgIpc) is 2.38. The maximum Gasteiger partial charge on any atom is 0.0474 e. The summed E-state index contributed by atoms with van der Waals surface area (Å²) in [6.45, 7) is 5.78. The van der Waals surface area contributed by atoms with E-state index in [2.05, 4.69) is 19.2 Å². The molecule has 0 spiro atoms. The van der Waals surface area contributed by atoms with Crippen molar-refractivity contribution in [1.29, 1.82) is 0 Å². The van der Waals surface area contributed by atoms with Gasteiger partial charge in [-0.3, -0.25) is 0 Å². The van der Waals surface area contributed by atoms with Crippen LogP contribution < -0.4 is 11.1 Å². The number of aliphatic hydroxyl groups is 1. The summed E-state index contributed by atoms with van der Waals surface area (Å²) in [5, 5.41) is 13.5. The topological polar surface area (TPSA) is 58.3 Å². The summed E-state index contributed by atoms with van der Waals surface area (Å²) in [6, 6.07) is 0.469. The van der Waals surface area contributed by atoms with E-state index in [4.69, 9.17) is 5.73 Å². The zero-order valence-corrected chi connectivity index (χ0v) is 12.8. The molecule has 2 aliphatic carbocycles. The van der Waals surface area contributed by atoms with Crippen LogP contribution in [0.5, 0.6) is 0 Å². The highest BCUT2D eigenvalue weighted by Crippen LogP contribution is 2.41. The van der Waals surface area contributed by atoms with E-state index in [0.717, 1.165) is 13.0 Å². The minimum Gasteiger partial charge on any atom is -0.396 e. The van der Waals surface area contributed by atoms with Crippen molar-refractivity contribution >= 4 is 0 Å². The number of nitrogens with two attached hydrogens (primary N) is 1.